The molecule has 15 aromatic rings. The average molecular weight is 1610 g/mol. The van der Waals surface area contributed by atoms with Gasteiger partial charge in [0.1, 0.15) is 5.60 Å². The summed E-state index contributed by atoms with van der Waals surface area (Å²) in [7, 11) is 0. The first-order valence-electron chi connectivity index (χ1n) is 33.5. The number of aliphatic hydroxyl groups is 1. The molecule has 103 heavy (non-hydrogen) atoms. The third-order valence-electron chi connectivity index (χ3n) is 17.9. The second-order valence-electron chi connectivity index (χ2n) is 24.1. The van der Waals surface area contributed by atoms with Gasteiger partial charge in [0.05, 0.1) is 28.2 Å². The number of carbonyl (C=O) groups excluding carboxylic acids is 1. The van der Waals surface area contributed by atoms with Crippen molar-refractivity contribution in [2.24, 2.45) is 0 Å². The standard InChI is InChI=1S/C31H24BrNO.C31H22BrN.C18H14BrN.C13H9BrO.Mg.2H/c32-26-22-20-25(21-23-26)31(34,24-12-4-1-5-13-24)29-18-10-11-19-30(29)33(27-14-6-2-7-15-27)28-16-8-3-9-17-28;32-25-21-19-24(20-22-25)31(23-11-3-1-4-12-23)27-15-7-9-17-29(27)33(26-13-5-2-6-14-26)30-18-10-8-16-28(30)31;19-17-13-7-8-14-18(17)20(15-9-3-1-4-10-15)16-11-5-2-6-12-16;14-12-8-6-11(7-9-12)13(15)10-4-2-1-3-5-10;;;/h1-23,34H;1-22H;1-14H;1-9H;;;/q;;;;+2;2*-1. The fourth-order valence-corrected chi connectivity index (χ4v) is 14.5. The van der Waals surface area contributed by atoms with Crippen molar-refractivity contribution in [1.82, 2.24) is 0 Å². The molecule has 16 rings (SSSR count). The summed E-state index contributed by atoms with van der Waals surface area (Å²) in [4.78, 5) is 18.8. The van der Waals surface area contributed by atoms with E-state index in [0.717, 1.165) is 80.0 Å². The van der Waals surface area contributed by atoms with Crippen molar-refractivity contribution in [2.75, 3.05) is 14.7 Å². The molecule has 0 bridgehead atoms. The van der Waals surface area contributed by atoms with Crippen LogP contribution in [0.5, 0.6) is 0 Å². The van der Waals surface area contributed by atoms with E-state index in [-0.39, 0.29) is 31.7 Å². The van der Waals surface area contributed by atoms with Gasteiger partial charge in [-0.3, -0.25) is 4.79 Å². The number of hydrogen-bond donors (Lipinski definition) is 1. The summed E-state index contributed by atoms with van der Waals surface area (Å²) in [6.07, 6.45) is 0. The maximum atomic E-state index is 12.6. The molecule has 1 aliphatic heterocycles. The molecule has 1 aliphatic rings. The van der Waals surface area contributed by atoms with Crippen LogP contribution in [0.15, 0.2) is 430 Å². The average Bonchev–Trinajstić information content (AvgIpc) is 0.685. The normalized spacial score (nSPS) is 12.0. The Morgan fingerprint density at radius 3 is 1.11 bits per heavy atom. The number of benzene rings is 15. The Balaban J connectivity index is 0.000000155. The van der Waals surface area contributed by atoms with Crippen LogP contribution in [0.25, 0.3) is 0 Å². The number of hydrogen-bond acceptors (Lipinski definition) is 5. The van der Waals surface area contributed by atoms with Crippen LogP contribution >= 0.6 is 63.7 Å². The number of fused-ring (bicyclic) bond motifs is 2. The fraction of sp³-hybridized carbons (Fsp3) is 0.0215. The minimum absolute atomic E-state index is 0. The molecule has 0 spiro atoms. The zero-order valence-electron chi connectivity index (χ0n) is 58.2. The van der Waals surface area contributed by atoms with Crippen LogP contribution in [0, 0.1) is 0 Å². The van der Waals surface area contributed by atoms with E-state index >= 15 is 0 Å². The maximum absolute atomic E-state index is 12.6. The van der Waals surface area contributed by atoms with Crippen molar-refractivity contribution in [3.05, 3.63) is 480 Å². The van der Waals surface area contributed by atoms with Crippen LogP contribution in [0.1, 0.15) is 57.7 Å². The van der Waals surface area contributed by atoms with E-state index in [9.17, 15) is 9.90 Å². The molecule has 0 aliphatic carbocycles. The van der Waals surface area contributed by atoms with Crippen LogP contribution < -0.4 is 14.7 Å². The summed E-state index contributed by atoms with van der Waals surface area (Å²) < 4.78 is 4.10. The summed E-state index contributed by atoms with van der Waals surface area (Å²) in [6.45, 7) is 0. The second-order valence-corrected chi connectivity index (χ2v) is 27.7. The van der Waals surface area contributed by atoms with Gasteiger partial charge < -0.3 is 22.7 Å². The van der Waals surface area contributed by atoms with Gasteiger partial charge in [0.2, 0.25) is 0 Å². The molecule has 0 saturated heterocycles. The Morgan fingerprint density at radius 2 is 0.641 bits per heavy atom. The van der Waals surface area contributed by atoms with Gasteiger partial charge >= 0.3 is 23.1 Å². The monoisotopic (exact) mass is 1600 g/mol. The Morgan fingerprint density at radius 1 is 0.320 bits per heavy atom. The van der Waals surface area contributed by atoms with E-state index in [2.05, 4.69) is 309 Å². The molecule has 1 N–H and O–H groups in total. The van der Waals surface area contributed by atoms with Crippen molar-refractivity contribution in [2.45, 2.75) is 11.0 Å². The molecule has 0 radical (unpaired) electrons. The maximum Gasteiger partial charge on any atom is 2.00 e. The molecule has 0 saturated carbocycles. The van der Waals surface area contributed by atoms with Crippen molar-refractivity contribution >= 4 is 144 Å². The third-order valence-corrected chi connectivity index (χ3v) is 20.1. The van der Waals surface area contributed by atoms with E-state index in [0.29, 0.717) is 5.56 Å². The largest absolute Gasteiger partial charge is 2.00 e. The van der Waals surface area contributed by atoms with Gasteiger partial charge in [-0.05, 0) is 189 Å². The van der Waals surface area contributed by atoms with Crippen LogP contribution in [-0.2, 0) is 11.0 Å². The minimum Gasteiger partial charge on any atom is -1.00 e. The Bertz CT molecular complexity index is 5060. The van der Waals surface area contributed by atoms with Crippen LogP contribution in [0.2, 0.25) is 0 Å². The smallest absolute Gasteiger partial charge is 1.00 e. The molecule has 0 aromatic heterocycles. The molecule has 500 valence electrons. The molecular formula is C93H71Br4MgN3O2. The fourth-order valence-electron chi connectivity index (χ4n) is 13.3. The van der Waals surface area contributed by atoms with Crippen molar-refractivity contribution < 1.29 is 12.8 Å². The van der Waals surface area contributed by atoms with Gasteiger partial charge in [-0.2, -0.15) is 0 Å². The predicted molar refractivity (Wildman–Crippen MR) is 445 cm³/mol. The van der Waals surface area contributed by atoms with E-state index < -0.39 is 11.0 Å². The Kier molecular flexibility index (Phi) is 24.6. The van der Waals surface area contributed by atoms with E-state index in [1.54, 1.807) is 0 Å². The molecule has 10 heteroatoms. The van der Waals surface area contributed by atoms with Gasteiger partial charge in [0.25, 0.3) is 0 Å². The molecule has 1 atom stereocenters. The molecule has 15 aromatic carbocycles. The van der Waals surface area contributed by atoms with Gasteiger partial charge in [-0.15, -0.1) is 0 Å². The van der Waals surface area contributed by atoms with E-state index in [4.69, 9.17) is 0 Å². The predicted octanol–water partition coefficient (Wildman–Crippen LogP) is 26.3. The summed E-state index contributed by atoms with van der Waals surface area (Å²) in [6, 6.07) is 140. The van der Waals surface area contributed by atoms with Crippen LogP contribution in [0.3, 0.4) is 0 Å². The van der Waals surface area contributed by atoms with Crippen LogP contribution in [-0.4, -0.2) is 33.9 Å². The SMILES string of the molecule is Brc1ccc(C2(c3ccccc3)c3ccccc3N(c3ccccc3)c3ccccc32)cc1.Brc1ccccc1N(c1ccccc1)c1ccccc1.O=C(c1ccccc1)c1ccc(Br)cc1.OC(c1ccccc1)(c1ccc(Br)cc1)c1ccccc1N(c1ccccc1)c1ccccc1.[H-].[H-].[Mg+2]. The summed E-state index contributed by atoms with van der Waals surface area (Å²) >= 11 is 14.2. The number of anilines is 9. The van der Waals surface area contributed by atoms with Gasteiger partial charge in [-0.25, -0.2) is 0 Å². The molecule has 5 nitrogen and oxygen atoms in total. The first-order chi connectivity index (χ1) is 50.1. The number of nitrogens with zero attached hydrogens (tertiary/aromatic N) is 3. The van der Waals surface area contributed by atoms with Crippen molar-refractivity contribution in [3.8, 4) is 0 Å². The number of para-hydroxylation sites is 9. The number of carbonyl (C=O) groups is 1. The quantitative estimate of drug-likeness (QED) is 0.0668. The minimum atomic E-state index is -1.36. The Labute approximate surface area is 656 Å². The van der Waals surface area contributed by atoms with Crippen molar-refractivity contribution in [1.29, 1.82) is 0 Å². The molecule has 0 fully saturated rings. The zero-order chi connectivity index (χ0) is 70.1. The number of rotatable bonds is 14. The van der Waals surface area contributed by atoms with Gasteiger partial charge in [0.15, 0.2) is 5.78 Å². The first-order valence-corrected chi connectivity index (χ1v) is 36.7. The topological polar surface area (TPSA) is 47.0 Å². The number of ketones is 1. The van der Waals surface area contributed by atoms with Crippen LogP contribution in [0.4, 0.5) is 51.2 Å². The molecule has 1 heterocycles. The van der Waals surface area contributed by atoms with E-state index in [1.807, 2.05) is 182 Å². The summed E-state index contributed by atoms with van der Waals surface area (Å²) in [5, 5.41) is 12.6. The zero-order valence-corrected chi connectivity index (χ0v) is 63.9. The second kappa shape index (κ2) is 34.8. The van der Waals surface area contributed by atoms with Crippen molar-refractivity contribution in [3.63, 3.8) is 0 Å². The van der Waals surface area contributed by atoms with Gasteiger partial charge in [0, 0.05) is 63.0 Å². The van der Waals surface area contributed by atoms with Gasteiger partial charge in [-0.1, -0.05) is 321 Å². The third kappa shape index (κ3) is 16.3. The number of halogens is 4. The Hall–Kier alpha value is -9.98. The first kappa shape index (κ1) is 72.8. The van der Waals surface area contributed by atoms with E-state index in [1.165, 1.54) is 33.6 Å². The molecule has 0 amide bonds. The summed E-state index contributed by atoms with van der Waals surface area (Å²) in [5.41, 5.74) is 17.1. The summed E-state index contributed by atoms with van der Waals surface area (Å²) in [5.74, 6) is 0.0584. The molecular weight excluding hydrogens is 1530 g/mol. The molecule has 1 unspecified atom stereocenters.